The quantitative estimate of drug-likeness (QED) is 0.175. The molecule has 3 heteroatoms. The van der Waals surface area contributed by atoms with Crippen LogP contribution < -0.4 is 4.90 Å². The molecule has 0 fully saturated rings. The Morgan fingerprint density at radius 3 is 1.54 bits per heavy atom. The summed E-state index contributed by atoms with van der Waals surface area (Å²) in [6, 6.07) is 71.9. The van der Waals surface area contributed by atoms with Gasteiger partial charge in [-0.15, -0.1) is 0 Å². The number of benzene rings is 10. The van der Waals surface area contributed by atoms with Crippen LogP contribution in [0.2, 0.25) is 0 Å². The second-order valence-corrected chi connectivity index (χ2v) is 15.6. The lowest BCUT2D eigenvalue weighted by atomic mass is 9.77. The first kappa shape index (κ1) is 32.2. The van der Waals surface area contributed by atoms with Crippen molar-refractivity contribution < 1.29 is 8.83 Å². The number of hydrogen-bond acceptors (Lipinski definition) is 3. The van der Waals surface area contributed by atoms with Crippen molar-refractivity contribution in [3.05, 3.63) is 200 Å². The van der Waals surface area contributed by atoms with Gasteiger partial charge in [-0.2, -0.15) is 0 Å². The van der Waals surface area contributed by atoms with Crippen molar-refractivity contribution in [2.24, 2.45) is 0 Å². The highest BCUT2D eigenvalue weighted by Gasteiger charge is 2.28. The fraction of sp³-hybridized carbons (Fsp3) is 0. The molecule has 0 aliphatic heterocycles. The Morgan fingerprint density at radius 2 is 0.847 bits per heavy atom. The highest BCUT2D eigenvalue weighted by atomic mass is 16.3. The van der Waals surface area contributed by atoms with Gasteiger partial charge in [0.15, 0.2) is 11.2 Å². The molecule has 0 spiro atoms. The van der Waals surface area contributed by atoms with Crippen molar-refractivity contribution >= 4 is 82.5 Å². The largest absolute Gasteiger partial charge is 0.454 e. The average Bonchev–Trinajstić information content (AvgIpc) is 3.88. The second kappa shape index (κ2) is 12.3. The maximum absolute atomic E-state index is 6.91. The van der Waals surface area contributed by atoms with Crippen molar-refractivity contribution in [3.63, 3.8) is 0 Å². The van der Waals surface area contributed by atoms with Crippen molar-refractivity contribution in [2.45, 2.75) is 0 Å². The standard InChI is InChI=1S/C56H33NO2/c1-3-12-34(13-4-1)36-22-23-37-30-47-48-31-38-24-25-41(29-40(38)33-50(48)49(47)32-39(37)28-36)57(51-19-11-18-45-43-16-7-9-20-52(43)58-55(45)51)54-42(35-14-5-2-6-15-35)26-27-46-44-17-8-10-21-53(44)59-56(46)54/h1-33H. The van der Waals surface area contributed by atoms with Crippen LogP contribution in [0.15, 0.2) is 209 Å². The molecule has 0 saturated heterocycles. The second-order valence-electron chi connectivity index (χ2n) is 15.6. The Morgan fingerprint density at radius 1 is 0.305 bits per heavy atom. The zero-order valence-corrected chi connectivity index (χ0v) is 31.8. The molecule has 13 rings (SSSR count). The molecule has 0 bridgehead atoms. The lowest BCUT2D eigenvalue weighted by Gasteiger charge is -2.29. The molecule has 0 atom stereocenters. The van der Waals surface area contributed by atoms with E-state index < -0.39 is 0 Å². The molecule has 10 aromatic carbocycles. The van der Waals surface area contributed by atoms with Gasteiger partial charge in [0.2, 0.25) is 0 Å². The van der Waals surface area contributed by atoms with Crippen molar-refractivity contribution in [1.82, 2.24) is 0 Å². The first-order chi connectivity index (χ1) is 29.2. The summed E-state index contributed by atoms with van der Waals surface area (Å²) in [6.07, 6.45) is 0. The Hall–Kier alpha value is -7.88. The van der Waals surface area contributed by atoms with Gasteiger partial charge in [0.25, 0.3) is 0 Å². The molecular weight excluding hydrogens is 719 g/mol. The van der Waals surface area contributed by atoms with E-state index in [9.17, 15) is 0 Å². The van der Waals surface area contributed by atoms with Gasteiger partial charge < -0.3 is 13.7 Å². The Labute approximate surface area is 339 Å². The molecule has 2 aromatic heterocycles. The van der Waals surface area contributed by atoms with Crippen molar-refractivity contribution in [3.8, 4) is 44.5 Å². The minimum atomic E-state index is 0.827. The number of furan rings is 2. The minimum absolute atomic E-state index is 0.827. The lowest BCUT2D eigenvalue weighted by molar-refractivity contribution is 0.666. The molecule has 0 amide bonds. The highest BCUT2D eigenvalue weighted by molar-refractivity contribution is 6.17. The first-order valence-corrected chi connectivity index (χ1v) is 20.2. The summed E-state index contributed by atoms with van der Waals surface area (Å²) in [6.45, 7) is 0. The molecule has 12 aromatic rings. The Kier molecular flexibility index (Phi) is 6.72. The van der Waals surface area contributed by atoms with Gasteiger partial charge in [-0.1, -0.05) is 133 Å². The number of nitrogens with zero attached hydrogens (tertiary/aromatic N) is 1. The third kappa shape index (κ3) is 4.82. The molecule has 1 aliphatic carbocycles. The Balaban J connectivity index is 1.05. The molecular formula is C56H33NO2. The molecule has 2 heterocycles. The molecule has 1 aliphatic rings. The molecule has 0 unspecified atom stereocenters. The topological polar surface area (TPSA) is 29.5 Å². The zero-order valence-electron chi connectivity index (χ0n) is 31.8. The highest BCUT2D eigenvalue weighted by Crippen LogP contribution is 2.53. The summed E-state index contributed by atoms with van der Waals surface area (Å²) >= 11 is 0. The van der Waals surface area contributed by atoms with Crippen molar-refractivity contribution in [2.75, 3.05) is 4.90 Å². The van der Waals surface area contributed by atoms with E-state index in [1.165, 1.54) is 54.9 Å². The maximum Gasteiger partial charge on any atom is 0.160 e. The predicted molar refractivity (Wildman–Crippen MR) is 246 cm³/mol. The molecule has 274 valence electrons. The van der Waals surface area contributed by atoms with Crippen LogP contribution in [-0.4, -0.2) is 0 Å². The number of fused-ring (bicyclic) bond motifs is 12. The summed E-state index contributed by atoms with van der Waals surface area (Å²) < 4.78 is 13.7. The van der Waals surface area contributed by atoms with E-state index >= 15 is 0 Å². The normalized spacial score (nSPS) is 12.1. The maximum atomic E-state index is 6.91. The van der Waals surface area contributed by atoms with E-state index in [0.717, 1.165) is 72.1 Å². The summed E-state index contributed by atoms with van der Waals surface area (Å²) in [5.74, 6) is 0. The van der Waals surface area contributed by atoms with E-state index in [2.05, 4.69) is 193 Å². The minimum Gasteiger partial charge on any atom is -0.454 e. The molecule has 0 radical (unpaired) electrons. The number of rotatable bonds is 5. The number of anilines is 3. The van der Waals surface area contributed by atoms with E-state index in [1.54, 1.807) is 0 Å². The van der Waals surface area contributed by atoms with Crippen LogP contribution in [0.4, 0.5) is 17.1 Å². The predicted octanol–water partition coefficient (Wildman–Crippen LogP) is 16.2. The van der Waals surface area contributed by atoms with Gasteiger partial charge in [0.1, 0.15) is 11.2 Å². The molecule has 0 saturated carbocycles. The van der Waals surface area contributed by atoms with Gasteiger partial charge in [-0.05, 0) is 127 Å². The van der Waals surface area contributed by atoms with Gasteiger partial charge in [0.05, 0.1) is 11.4 Å². The summed E-state index contributed by atoms with van der Waals surface area (Å²) in [5.41, 5.74) is 16.1. The Bertz CT molecular complexity index is 3670. The van der Waals surface area contributed by atoms with Gasteiger partial charge in [0, 0.05) is 32.8 Å². The van der Waals surface area contributed by atoms with Crippen LogP contribution in [0.1, 0.15) is 0 Å². The van der Waals surface area contributed by atoms with Crippen LogP contribution in [0, 0.1) is 0 Å². The average molecular weight is 752 g/mol. The summed E-state index contributed by atoms with van der Waals surface area (Å²) in [7, 11) is 0. The molecule has 0 N–H and O–H groups in total. The SMILES string of the molecule is c1ccc(-c2ccc3cc4c(cc3c2)-c2cc3cc(N(c5cccc6c5oc5ccccc56)c5c(-c6ccccc6)ccc6c5oc5ccccc56)ccc3cc2-4)cc1. The van der Waals surface area contributed by atoms with Crippen LogP contribution in [0.3, 0.4) is 0 Å². The van der Waals surface area contributed by atoms with Crippen LogP contribution in [0.5, 0.6) is 0 Å². The fourth-order valence-electron chi connectivity index (χ4n) is 9.51. The van der Waals surface area contributed by atoms with E-state index in [4.69, 9.17) is 8.83 Å². The van der Waals surface area contributed by atoms with Gasteiger partial charge >= 0.3 is 0 Å². The van der Waals surface area contributed by atoms with Crippen LogP contribution in [0.25, 0.3) is 110 Å². The number of hydrogen-bond donors (Lipinski definition) is 0. The first-order valence-electron chi connectivity index (χ1n) is 20.2. The van der Waals surface area contributed by atoms with Gasteiger partial charge in [-0.25, -0.2) is 0 Å². The molecule has 3 nitrogen and oxygen atoms in total. The fourth-order valence-corrected chi connectivity index (χ4v) is 9.51. The van der Waals surface area contributed by atoms with E-state index in [0.29, 0.717) is 0 Å². The van der Waals surface area contributed by atoms with Crippen molar-refractivity contribution in [1.29, 1.82) is 0 Å². The van der Waals surface area contributed by atoms with Gasteiger partial charge in [-0.3, -0.25) is 0 Å². The third-order valence-corrected chi connectivity index (χ3v) is 12.3. The van der Waals surface area contributed by atoms with E-state index in [1.807, 2.05) is 12.1 Å². The smallest absolute Gasteiger partial charge is 0.160 e. The summed E-state index contributed by atoms with van der Waals surface area (Å²) in [5, 5.41) is 9.20. The van der Waals surface area contributed by atoms with Crippen LogP contribution >= 0.6 is 0 Å². The molecule has 59 heavy (non-hydrogen) atoms. The lowest BCUT2D eigenvalue weighted by Crippen LogP contribution is -2.12. The van der Waals surface area contributed by atoms with Crippen LogP contribution in [-0.2, 0) is 0 Å². The summed E-state index contributed by atoms with van der Waals surface area (Å²) in [4.78, 5) is 2.36. The number of para-hydroxylation sites is 3. The zero-order chi connectivity index (χ0) is 38.6. The third-order valence-electron chi connectivity index (χ3n) is 12.3. The van der Waals surface area contributed by atoms with E-state index in [-0.39, 0.29) is 0 Å². The monoisotopic (exact) mass is 751 g/mol.